The third-order valence-electron chi connectivity index (χ3n) is 4.06. The molecule has 8 nitrogen and oxygen atoms in total. The van der Waals surface area contributed by atoms with Crippen LogP contribution in [0.3, 0.4) is 0 Å². The Hall–Kier alpha value is -0.890. The summed E-state index contributed by atoms with van der Waals surface area (Å²) in [6, 6.07) is -2.04. The molecule has 0 amide bonds. The molecule has 32 heavy (non-hydrogen) atoms. The fourth-order valence-electron chi connectivity index (χ4n) is 2.31. The normalized spacial score (nSPS) is 16.1. The van der Waals surface area contributed by atoms with Crippen LogP contribution in [-0.4, -0.2) is 105 Å². The second kappa shape index (κ2) is 10.2. The Balaban J connectivity index is 6.47. The molecule has 2 N–H and O–H groups in total. The molecule has 19 heteroatoms. The van der Waals surface area contributed by atoms with E-state index in [1.807, 2.05) is 0 Å². The first-order valence-electron chi connectivity index (χ1n) is 8.39. The average Bonchev–Trinajstić information content (AvgIpc) is 2.57. The maximum absolute atomic E-state index is 14.2. The molecular weight excluding hydrogens is 515 g/mol. The van der Waals surface area contributed by atoms with Crippen molar-refractivity contribution in [2.24, 2.45) is 0 Å². The molecule has 0 radical (unpaired) electrons. The predicted octanol–water partition coefficient (Wildman–Crippen LogP) is 1.63. The van der Waals surface area contributed by atoms with Crippen molar-refractivity contribution in [3.8, 4) is 0 Å². The highest BCUT2D eigenvalue weighted by Crippen LogP contribution is 2.55. The standard InChI is InChI=1S/C13H21F9N2O6S2/c1-23(2)6-4-9(8-25)24(5-3-7-31(26,27)28)32(29,30)13(21,22)11(16,17)10(14,15)12(18,19)20/h9,25H,3-8H2,1-2H3,(H,26,27,28). The molecular formula is C13H21F9N2O6S2. The van der Waals surface area contributed by atoms with Gasteiger partial charge in [0.25, 0.3) is 20.1 Å². The molecule has 0 heterocycles. The first-order valence-corrected chi connectivity index (χ1v) is 11.4. The Labute approximate surface area is 177 Å². The zero-order valence-corrected chi connectivity index (χ0v) is 18.1. The molecule has 0 aliphatic carbocycles. The Kier molecular flexibility index (Phi) is 9.88. The van der Waals surface area contributed by atoms with E-state index in [1.54, 1.807) is 0 Å². The lowest BCUT2D eigenvalue weighted by Crippen LogP contribution is -2.66. The molecule has 0 fully saturated rings. The van der Waals surface area contributed by atoms with E-state index in [0.717, 1.165) is 0 Å². The summed E-state index contributed by atoms with van der Waals surface area (Å²) in [6.07, 6.45) is -8.90. The molecule has 0 saturated heterocycles. The molecule has 0 rings (SSSR count). The van der Waals surface area contributed by atoms with Gasteiger partial charge in [-0.25, -0.2) is 8.42 Å². The van der Waals surface area contributed by atoms with Crippen LogP contribution in [0, 0.1) is 0 Å². The molecule has 0 spiro atoms. The summed E-state index contributed by atoms with van der Waals surface area (Å²) in [5, 5.41) is 2.30. The molecule has 0 bridgehead atoms. The maximum atomic E-state index is 14.2. The third kappa shape index (κ3) is 6.58. The predicted molar refractivity (Wildman–Crippen MR) is 91.6 cm³/mol. The van der Waals surface area contributed by atoms with Gasteiger partial charge in [0.15, 0.2) is 0 Å². The third-order valence-corrected chi connectivity index (χ3v) is 6.86. The fraction of sp³-hybridized carbons (Fsp3) is 1.00. The van der Waals surface area contributed by atoms with E-state index in [1.165, 1.54) is 19.0 Å². The van der Waals surface area contributed by atoms with Gasteiger partial charge in [-0.3, -0.25) is 4.55 Å². The van der Waals surface area contributed by atoms with Crippen LogP contribution >= 0.6 is 0 Å². The Morgan fingerprint density at radius 2 is 1.31 bits per heavy atom. The highest BCUT2D eigenvalue weighted by Gasteiger charge is 2.85. The highest BCUT2D eigenvalue weighted by atomic mass is 32.2. The summed E-state index contributed by atoms with van der Waals surface area (Å²) in [4.78, 5) is 1.30. The number of alkyl halides is 9. The van der Waals surface area contributed by atoms with E-state index in [-0.39, 0.29) is 6.54 Å². The van der Waals surface area contributed by atoms with Crippen molar-refractivity contribution >= 4 is 20.1 Å². The average molecular weight is 536 g/mol. The van der Waals surface area contributed by atoms with E-state index in [0.29, 0.717) is 0 Å². The molecule has 0 aliphatic rings. The number of aliphatic hydroxyl groups excluding tert-OH is 1. The van der Waals surface area contributed by atoms with Gasteiger partial charge in [-0.2, -0.15) is 52.2 Å². The van der Waals surface area contributed by atoms with Crippen LogP contribution in [0.15, 0.2) is 0 Å². The van der Waals surface area contributed by atoms with E-state index >= 15 is 0 Å². The van der Waals surface area contributed by atoms with Crippen molar-refractivity contribution < 1.29 is 66.0 Å². The first kappa shape index (κ1) is 31.1. The lowest BCUT2D eigenvalue weighted by molar-refractivity contribution is -0.382. The molecule has 1 atom stereocenters. The molecule has 1 unspecified atom stereocenters. The van der Waals surface area contributed by atoms with Crippen LogP contribution in [0.5, 0.6) is 0 Å². The van der Waals surface area contributed by atoms with Crippen LogP contribution in [0.25, 0.3) is 0 Å². The van der Waals surface area contributed by atoms with Gasteiger partial charge >= 0.3 is 23.3 Å². The summed E-state index contributed by atoms with van der Waals surface area (Å²) in [6.45, 7) is -3.00. The largest absolute Gasteiger partial charge is 0.460 e. The summed E-state index contributed by atoms with van der Waals surface area (Å²) < 4.78 is 173. The van der Waals surface area contributed by atoms with Crippen molar-refractivity contribution in [3.63, 3.8) is 0 Å². The minimum Gasteiger partial charge on any atom is -0.395 e. The fourth-order valence-corrected chi connectivity index (χ4v) is 4.48. The Bertz CT molecular complexity index is 831. The number of aliphatic hydroxyl groups is 1. The van der Waals surface area contributed by atoms with Gasteiger partial charge < -0.3 is 10.0 Å². The minimum atomic E-state index is -7.49. The zero-order valence-electron chi connectivity index (χ0n) is 16.5. The van der Waals surface area contributed by atoms with Crippen LogP contribution in [-0.2, 0) is 20.1 Å². The monoisotopic (exact) mass is 536 g/mol. The van der Waals surface area contributed by atoms with Gasteiger partial charge in [0, 0.05) is 12.6 Å². The van der Waals surface area contributed by atoms with Crippen LogP contribution in [0.4, 0.5) is 39.5 Å². The van der Waals surface area contributed by atoms with Crippen LogP contribution < -0.4 is 0 Å². The lowest BCUT2D eigenvalue weighted by Gasteiger charge is -2.38. The molecule has 0 saturated carbocycles. The molecule has 0 aromatic rings. The van der Waals surface area contributed by atoms with Crippen molar-refractivity contribution in [2.45, 2.75) is 42.2 Å². The van der Waals surface area contributed by atoms with Gasteiger partial charge in [0.1, 0.15) is 0 Å². The highest BCUT2D eigenvalue weighted by molar-refractivity contribution is 7.90. The van der Waals surface area contributed by atoms with Gasteiger partial charge in [-0.05, 0) is 33.5 Å². The summed E-state index contributed by atoms with van der Waals surface area (Å²) in [7, 11) is -9.14. The van der Waals surface area contributed by atoms with E-state index in [9.17, 15) is 61.5 Å². The topological polar surface area (TPSA) is 115 Å². The number of rotatable bonds is 13. The maximum Gasteiger partial charge on any atom is 0.460 e. The molecule has 0 aliphatic heterocycles. The van der Waals surface area contributed by atoms with Gasteiger partial charge in [-0.1, -0.05) is 0 Å². The molecule has 194 valence electrons. The van der Waals surface area contributed by atoms with Gasteiger partial charge in [0.2, 0.25) is 0 Å². The minimum absolute atomic E-state index is 0.198. The van der Waals surface area contributed by atoms with Crippen LogP contribution in [0.1, 0.15) is 12.8 Å². The number of sulfonamides is 1. The van der Waals surface area contributed by atoms with Crippen molar-refractivity contribution in [3.05, 3.63) is 0 Å². The quantitative estimate of drug-likeness (QED) is 0.272. The molecule has 0 aromatic carbocycles. The van der Waals surface area contributed by atoms with Crippen molar-refractivity contribution in [2.75, 3.05) is 39.5 Å². The zero-order chi connectivity index (χ0) is 26.0. The summed E-state index contributed by atoms with van der Waals surface area (Å²) in [5.74, 6) is -16.3. The summed E-state index contributed by atoms with van der Waals surface area (Å²) in [5.41, 5.74) is 0. The number of halogens is 9. The van der Waals surface area contributed by atoms with E-state index < -0.39 is 85.5 Å². The lowest BCUT2D eigenvalue weighted by atomic mass is 10.1. The Morgan fingerprint density at radius 1 is 0.844 bits per heavy atom. The van der Waals surface area contributed by atoms with E-state index in [4.69, 9.17) is 4.55 Å². The summed E-state index contributed by atoms with van der Waals surface area (Å²) >= 11 is 0. The van der Waals surface area contributed by atoms with E-state index in [2.05, 4.69) is 0 Å². The van der Waals surface area contributed by atoms with Crippen LogP contribution in [0.2, 0.25) is 0 Å². The second-order valence-electron chi connectivity index (χ2n) is 6.85. The van der Waals surface area contributed by atoms with Gasteiger partial charge in [-0.15, -0.1) is 0 Å². The number of hydrogen-bond donors (Lipinski definition) is 2. The SMILES string of the molecule is CN(C)CCC(CO)N(CCCS(=O)(=O)O)S(=O)(=O)C(F)(F)C(F)(F)C(F)(F)C(F)(F)F. The van der Waals surface area contributed by atoms with Crippen molar-refractivity contribution in [1.82, 2.24) is 9.21 Å². The number of hydrogen-bond acceptors (Lipinski definition) is 6. The Morgan fingerprint density at radius 3 is 1.66 bits per heavy atom. The van der Waals surface area contributed by atoms with Gasteiger partial charge in [0.05, 0.1) is 12.4 Å². The number of nitrogens with zero attached hydrogens (tertiary/aromatic N) is 2. The van der Waals surface area contributed by atoms with Crippen molar-refractivity contribution in [1.29, 1.82) is 0 Å². The molecule has 0 aromatic heterocycles. The first-order chi connectivity index (χ1) is 14.0. The smallest absolute Gasteiger partial charge is 0.395 e. The second-order valence-corrected chi connectivity index (χ2v) is 10.4.